The first kappa shape index (κ1) is 28.8. The van der Waals surface area contributed by atoms with Crippen LogP contribution in [0.1, 0.15) is 93.6 Å². The summed E-state index contributed by atoms with van der Waals surface area (Å²) < 4.78 is 6.15. The maximum Gasteiger partial charge on any atom is 0.258 e. The summed E-state index contributed by atoms with van der Waals surface area (Å²) in [6.45, 7) is 19.7. The van der Waals surface area contributed by atoms with Crippen molar-refractivity contribution in [1.29, 1.82) is 0 Å². The first-order valence-corrected chi connectivity index (χ1v) is 12.5. The molecule has 0 fully saturated rings. The molecule has 3 amide bonds. The van der Waals surface area contributed by atoms with E-state index in [9.17, 15) is 14.4 Å². The Kier molecular flexibility index (Phi) is 8.75. The lowest BCUT2D eigenvalue weighted by molar-refractivity contribution is -0.124. The first-order chi connectivity index (χ1) is 15.9. The molecule has 1 aliphatic rings. The van der Waals surface area contributed by atoms with Gasteiger partial charge in [-0.25, -0.2) is 4.90 Å². The Bertz CT molecular complexity index is 932. The van der Waals surface area contributed by atoms with Gasteiger partial charge in [0, 0.05) is 30.7 Å². The number of hydrogen-bond donors (Lipinski definition) is 1. The summed E-state index contributed by atoms with van der Waals surface area (Å²) in [6.07, 6.45) is 5.32. The normalized spacial score (nSPS) is 15.2. The monoisotopic (exact) mass is 484 g/mol. The summed E-state index contributed by atoms with van der Waals surface area (Å²) in [7, 11) is 0. The molecule has 0 radical (unpaired) electrons. The van der Waals surface area contributed by atoms with E-state index in [4.69, 9.17) is 4.74 Å². The number of carbonyl (C=O) groups excluding carboxylic acids is 3. The second-order valence-electron chi connectivity index (χ2n) is 12.8. The lowest BCUT2D eigenvalue weighted by atomic mass is 9.80. The molecule has 1 aromatic carbocycles. The number of hydrogen-bond acceptors (Lipinski definition) is 4. The average Bonchev–Trinajstić information content (AvgIpc) is 3.02. The van der Waals surface area contributed by atoms with Crippen LogP contribution in [-0.2, 0) is 24.5 Å². The van der Waals surface area contributed by atoms with Gasteiger partial charge in [-0.05, 0) is 75.5 Å². The number of amides is 3. The Morgan fingerprint density at radius 1 is 0.857 bits per heavy atom. The van der Waals surface area contributed by atoms with Crippen LogP contribution in [0.25, 0.3) is 0 Å². The minimum absolute atomic E-state index is 0.0181. The third-order valence-corrected chi connectivity index (χ3v) is 6.38. The maximum absolute atomic E-state index is 12.8. The number of nitrogens with zero attached hydrogens (tertiary/aromatic N) is 1. The van der Waals surface area contributed by atoms with E-state index < -0.39 is 5.54 Å². The van der Waals surface area contributed by atoms with Crippen LogP contribution in [0.2, 0.25) is 0 Å². The molecule has 1 aliphatic heterocycles. The molecular formula is C29H44N2O4. The zero-order chi connectivity index (χ0) is 26.7. The number of rotatable bonds is 11. The maximum atomic E-state index is 12.8. The van der Waals surface area contributed by atoms with Gasteiger partial charge in [0.05, 0.1) is 11.3 Å². The molecular weight excluding hydrogens is 440 g/mol. The molecule has 0 saturated heterocycles. The van der Waals surface area contributed by atoms with Gasteiger partial charge in [-0.15, -0.1) is 0 Å². The standard InChI is InChI=1S/C29H44N2O4/c1-26(2,3)18-19-35-29(8,9)20-28(6,7)30-23(32)16-17-27(4,5)21-10-12-22(13-11-21)31-24(33)14-15-25(31)34/h10-15H,16-20H2,1-9H3,(H,30,32). The van der Waals surface area contributed by atoms with Crippen LogP contribution in [0.5, 0.6) is 0 Å². The summed E-state index contributed by atoms with van der Waals surface area (Å²) in [5.74, 6) is -0.641. The van der Waals surface area contributed by atoms with Gasteiger partial charge in [-0.1, -0.05) is 46.8 Å². The Morgan fingerprint density at radius 2 is 1.40 bits per heavy atom. The molecule has 1 N–H and O–H groups in total. The van der Waals surface area contributed by atoms with Crippen molar-refractivity contribution in [2.45, 2.75) is 105 Å². The number of imide groups is 1. The van der Waals surface area contributed by atoms with Crippen molar-refractivity contribution >= 4 is 23.4 Å². The molecule has 194 valence electrons. The van der Waals surface area contributed by atoms with E-state index in [0.717, 1.165) is 16.9 Å². The van der Waals surface area contributed by atoms with Gasteiger partial charge in [0.15, 0.2) is 0 Å². The van der Waals surface area contributed by atoms with Crippen LogP contribution in [0, 0.1) is 5.41 Å². The van der Waals surface area contributed by atoms with E-state index in [-0.39, 0.29) is 34.2 Å². The van der Waals surface area contributed by atoms with E-state index in [2.05, 4.69) is 53.8 Å². The number of anilines is 1. The largest absolute Gasteiger partial charge is 0.375 e. The molecule has 0 saturated carbocycles. The lowest BCUT2D eigenvalue weighted by Gasteiger charge is -2.36. The lowest BCUT2D eigenvalue weighted by Crippen LogP contribution is -2.48. The van der Waals surface area contributed by atoms with Crippen LogP contribution in [0.4, 0.5) is 5.69 Å². The molecule has 6 nitrogen and oxygen atoms in total. The predicted octanol–water partition coefficient (Wildman–Crippen LogP) is 5.69. The van der Waals surface area contributed by atoms with Crippen molar-refractivity contribution in [2.75, 3.05) is 11.5 Å². The molecule has 0 aliphatic carbocycles. The third kappa shape index (κ3) is 8.92. The number of benzene rings is 1. The zero-order valence-corrected chi connectivity index (χ0v) is 23.1. The van der Waals surface area contributed by atoms with Gasteiger partial charge in [-0.3, -0.25) is 14.4 Å². The van der Waals surface area contributed by atoms with E-state index in [1.54, 1.807) is 12.1 Å². The molecule has 35 heavy (non-hydrogen) atoms. The van der Waals surface area contributed by atoms with Crippen LogP contribution >= 0.6 is 0 Å². The topological polar surface area (TPSA) is 75.7 Å². The molecule has 0 bridgehead atoms. The van der Waals surface area contributed by atoms with Crippen molar-refractivity contribution in [3.63, 3.8) is 0 Å². The Morgan fingerprint density at radius 3 is 1.91 bits per heavy atom. The highest BCUT2D eigenvalue weighted by Crippen LogP contribution is 2.31. The van der Waals surface area contributed by atoms with Crippen molar-refractivity contribution in [3.05, 3.63) is 42.0 Å². The fourth-order valence-electron chi connectivity index (χ4n) is 4.52. The van der Waals surface area contributed by atoms with E-state index >= 15 is 0 Å². The molecule has 1 aromatic rings. The fraction of sp³-hybridized carbons (Fsp3) is 0.621. The van der Waals surface area contributed by atoms with E-state index in [1.807, 2.05) is 26.0 Å². The summed E-state index contributed by atoms with van der Waals surface area (Å²) >= 11 is 0. The quantitative estimate of drug-likeness (QED) is 0.409. The van der Waals surface area contributed by atoms with Gasteiger partial charge in [-0.2, -0.15) is 0 Å². The number of carbonyl (C=O) groups is 3. The van der Waals surface area contributed by atoms with Crippen molar-refractivity contribution in [2.24, 2.45) is 5.41 Å². The molecule has 0 spiro atoms. The second kappa shape index (κ2) is 10.7. The highest BCUT2D eigenvalue weighted by molar-refractivity contribution is 6.28. The van der Waals surface area contributed by atoms with E-state index in [1.165, 1.54) is 12.2 Å². The summed E-state index contributed by atoms with van der Waals surface area (Å²) in [4.78, 5) is 37.8. The highest BCUT2D eigenvalue weighted by atomic mass is 16.5. The minimum Gasteiger partial charge on any atom is -0.375 e. The van der Waals surface area contributed by atoms with Gasteiger partial charge < -0.3 is 10.1 Å². The van der Waals surface area contributed by atoms with Gasteiger partial charge in [0.1, 0.15) is 0 Å². The number of ether oxygens (including phenoxy) is 1. The van der Waals surface area contributed by atoms with Crippen LogP contribution < -0.4 is 10.2 Å². The minimum atomic E-state index is -0.392. The molecule has 6 heteroatoms. The Labute approximate surface area is 211 Å². The zero-order valence-electron chi connectivity index (χ0n) is 23.1. The van der Waals surface area contributed by atoms with E-state index in [0.29, 0.717) is 31.6 Å². The Balaban J connectivity index is 1.89. The summed E-state index contributed by atoms with van der Waals surface area (Å²) in [5.41, 5.74) is 0.859. The van der Waals surface area contributed by atoms with Gasteiger partial charge >= 0.3 is 0 Å². The van der Waals surface area contributed by atoms with Crippen molar-refractivity contribution < 1.29 is 19.1 Å². The average molecular weight is 485 g/mol. The van der Waals surface area contributed by atoms with Crippen LogP contribution in [0.3, 0.4) is 0 Å². The molecule has 0 aromatic heterocycles. The highest BCUT2D eigenvalue weighted by Gasteiger charge is 2.32. The van der Waals surface area contributed by atoms with Gasteiger partial charge in [0.2, 0.25) is 5.91 Å². The first-order valence-electron chi connectivity index (χ1n) is 12.5. The molecule has 2 rings (SSSR count). The SMILES string of the molecule is CC(C)(C)CCOC(C)(C)CC(C)(C)NC(=O)CCC(C)(C)c1ccc(N2C(=O)C=CC2=O)cc1. The smallest absolute Gasteiger partial charge is 0.258 e. The van der Waals surface area contributed by atoms with Crippen molar-refractivity contribution in [3.8, 4) is 0 Å². The van der Waals surface area contributed by atoms with Crippen molar-refractivity contribution in [1.82, 2.24) is 5.32 Å². The van der Waals surface area contributed by atoms with Gasteiger partial charge in [0.25, 0.3) is 11.8 Å². The fourth-order valence-corrected chi connectivity index (χ4v) is 4.52. The summed E-state index contributed by atoms with van der Waals surface area (Å²) in [6, 6.07) is 7.41. The third-order valence-electron chi connectivity index (χ3n) is 6.38. The summed E-state index contributed by atoms with van der Waals surface area (Å²) in [5, 5.41) is 3.19. The van der Waals surface area contributed by atoms with Crippen LogP contribution in [-0.4, -0.2) is 35.5 Å². The molecule has 1 heterocycles. The molecule has 0 atom stereocenters. The molecule has 0 unspecified atom stereocenters. The van der Waals surface area contributed by atoms with Crippen LogP contribution in [0.15, 0.2) is 36.4 Å². The number of nitrogens with one attached hydrogen (secondary N) is 1. The Hall–Kier alpha value is -2.47. The predicted molar refractivity (Wildman–Crippen MR) is 141 cm³/mol. The second-order valence-corrected chi connectivity index (χ2v) is 12.8.